The molecule has 4 heteroatoms. The maximum Gasteiger partial charge on any atom is 0.335 e. The van der Waals surface area contributed by atoms with Gasteiger partial charge in [-0.05, 0) is 49.2 Å². The summed E-state index contributed by atoms with van der Waals surface area (Å²) >= 11 is 0. The molecule has 1 N–H and O–H groups in total. The molecule has 2 aromatic rings. The molecule has 0 aliphatic carbocycles. The summed E-state index contributed by atoms with van der Waals surface area (Å²) in [7, 11) is 0. The van der Waals surface area contributed by atoms with E-state index in [0.29, 0.717) is 12.1 Å². The van der Waals surface area contributed by atoms with E-state index >= 15 is 0 Å². The van der Waals surface area contributed by atoms with Crippen molar-refractivity contribution in [2.24, 2.45) is 0 Å². The summed E-state index contributed by atoms with van der Waals surface area (Å²) in [5.41, 5.74) is 3.54. The first-order valence-electron chi connectivity index (χ1n) is 7.37. The van der Waals surface area contributed by atoms with Crippen molar-refractivity contribution in [3.8, 4) is 5.75 Å². The van der Waals surface area contributed by atoms with Crippen LogP contribution in [-0.2, 0) is 6.54 Å². The van der Waals surface area contributed by atoms with Gasteiger partial charge in [0.25, 0.3) is 0 Å². The molecule has 4 nitrogen and oxygen atoms in total. The first kappa shape index (κ1) is 14.4. The Morgan fingerprint density at radius 2 is 2.14 bits per heavy atom. The van der Waals surface area contributed by atoms with Crippen molar-refractivity contribution >= 4 is 11.7 Å². The van der Waals surface area contributed by atoms with Crippen molar-refractivity contribution in [3.05, 3.63) is 59.2 Å². The lowest BCUT2D eigenvalue weighted by molar-refractivity contribution is 0.0696. The smallest absolute Gasteiger partial charge is 0.335 e. The highest BCUT2D eigenvalue weighted by atomic mass is 16.5. The third-order valence-corrected chi connectivity index (χ3v) is 3.81. The average molecular weight is 297 g/mol. The maximum absolute atomic E-state index is 11.1. The Morgan fingerprint density at radius 1 is 1.32 bits per heavy atom. The van der Waals surface area contributed by atoms with Gasteiger partial charge < -0.3 is 14.7 Å². The van der Waals surface area contributed by atoms with Gasteiger partial charge in [0.1, 0.15) is 11.9 Å². The fourth-order valence-electron chi connectivity index (χ4n) is 2.81. The number of aryl methyl sites for hydroxylation is 1. The second kappa shape index (κ2) is 5.72. The fourth-order valence-corrected chi connectivity index (χ4v) is 2.81. The lowest BCUT2D eigenvalue weighted by Gasteiger charge is -2.35. The highest BCUT2D eigenvalue weighted by Gasteiger charge is 2.23. The summed E-state index contributed by atoms with van der Waals surface area (Å²) in [6.45, 7) is 5.55. The second-order valence-electron chi connectivity index (χ2n) is 5.79. The Bertz CT molecular complexity index is 711. The summed E-state index contributed by atoms with van der Waals surface area (Å²) < 4.78 is 5.91. The molecule has 0 bridgehead atoms. The van der Waals surface area contributed by atoms with E-state index in [-0.39, 0.29) is 6.10 Å². The molecule has 3 rings (SSSR count). The normalized spacial score (nSPS) is 16.8. The van der Waals surface area contributed by atoms with Gasteiger partial charge >= 0.3 is 5.97 Å². The number of fused-ring (bicyclic) bond motifs is 1. The molecule has 0 saturated heterocycles. The molecule has 1 aliphatic rings. The van der Waals surface area contributed by atoms with E-state index in [1.807, 2.05) is 26.0 Å². The Labute approximate surface area is 130 Å². The van der Waals surface area contributed by atoms with Crippen LogP contribution in [-0.4, -0.2) is 23.7 Å². The maximum atomic E-state index is 11.1. The van der Waals surface area contributed by atoms with E-state index in [4.69, 9.17) is 9.84 Å². The van der Waals surface area contributed by atoms with Crippen LogP contribution < -0.4 is 9.64 Å². The number of carbonyl (C=O) groups is 1. The minimum absolute atomic E-state index is 0.108. The van der Waals surface area contributed by atoms with Crippen LogP contribution in [0.1, 0.15) is 28.4 Å². The second-order valence-corrected chi connectivity index (χ2v) is 5.79. The molecule has 1 unspecified atom stereocenters. The molecular formula is C18H19NO3. The molecule has 1 heterocycles. The number of aromatic carboxylic acids is 1. The van der Waals surface area contributed by atoms with Gasteiger partial charge in [0.15, 0.2) is 0 Å². The predicted octanol–water partition coefficient (Wildman–Crippen LogP) is 3.48. The number of hydrogen-bond acceptors (Lipinski definition) is 3. The van der Waals surface area contributed by atoms with Crippen LogP contribution in [0.4, 0.5) is 5.69 Å². The van der Waals surface area contributed by atoms with Crippen LogP contribution in [0.25, 0.3) is 0 Å². The first-order valence-corrected chi connectivity index (χ1v) is 7.37. The van der Waals surface area contributed by atoms with E-state index in [1.54, 1.807) is 18.2 Å². The molecule has 1 aliphatic heterocycles. The molecule has 0 aromatic heterocycles. The molecule has 0 fully saturated rings. The molecule has 0 amide bonds. The Kier molecular flexibility index (Phi) is 3.75. The van der Waals surface area contributed by atoms with Crippen LogP contribution in [0.3, 0.4) is 0 Å². The zero-order valence-corrected chi connectivity index (χ0v) is 12.7. The number of benzene rings is 2. The number of nitrogens with zero attached hydrogens (tertiary/aromatic N) is 1. The number of carboxylic acid groups (broad SMARTS) is 1. The van der Waals surface area contributed by atoms with Crippen LogP contribution >= 0.6 is 0 Å². The standard InChI is InChI=1S/C18H19NO3/c1-12-6-7-16-17(8-12)22-13(2)10-19(16)11-14-4-3-5-15(9-14)18(20)21/h3-9,13H,10-11H2,1-2H3,(H,20,21). The zero-order chi connectivity index (χ0) is 15.7. The summed E-state index contributed by atoms with van der Waals surface area (Å²) in [4.78, 5) is 13.3. The highest BCUT2D eigenvalue weighted by molar-refractivity contribution is 5.87. The van der Waals surface area contributed by atoms with E-state index in [2.05, 4.69) is 17.0 Å². The quantitative estimate of drug-likeness (QED) is 0.942. The molecular weight excluding hydrogens is 278 g/mol. The van der Waals surface area contributed by atoms with Crippen LogP contribution in [0, 0.1) is 6.92 Å². The minimum atomic E-state index is -0.895. The first-order chi connectivity index (χ1) is 10.5. The lowest BCUT2D eigenvalue weighted by Crippen LogP contribution is -2.38. The van der Waals surface area contributed by atoms with Crippen molar-refractivity contribution in [1.29, 1.82) is 0 Å². The number of rotatable bonds is 3. The number of ether oxygens (including phenoxy) is 1. The Balaban J connectivity index is 1.90. The molecule has 0 saturated carbocycles. The third-order valence-electron chi connectivity index (χ3n) is 3.81. The van der Waals surface area contributed by atoms with Gasteiger partial charge in [-0.3, -0.25) is 0 Å². The van der Waals surface area contributed by atoms with E-state index < -0.39 is 5.97 Å². The molecule has 22 heavy (non-hydrogen) atoms. The van der Waals surface area contributed by atoms with Crippen LogP contribution in [0.15, 0.2) is 42.5 Å². The van der Waals surface area contributed by atoms with Crippen molar-refractivity contribution < 1.29 is 14.6 Å². The van der Waals surface area contributed by atoms with E-state index in [9.17, 15) is 4.79 Å². The zero-order valence-electron chi connectivity index (χ0n) is 12.7. The lowest BCUT2D eigenvalue weighted by atomic mass is 10.1. The van der Waals surface area contributed by atoms with Gasteiger partial charge in [0.05, 0.1) is 17.8 Å². The summed E-state index contributed by atoms with van der Waals surface area (Å²) in [5, 5.41) is 9.11. The topological polar surface area (TPSA) is 49.8 Å². The SMILES string of the molecule is Cc1ccc2c(c1)OC(C)CN2Cc1cccc(C(=O)O)c1. The van der Waals surface area contributed by atoms with Crippen LogP contribution in [0.5, 0.6) is 5.75 Å². The highest BCUT2D eigenvalue weighted by Crippen LogP contribution is 2.35. The fraction of sp³-hybridized carbons (Fsp3) is 0.278. The minimum Gasteiger partial charge on any atom is -0.487 e. The van der Waals surface area contributed by atoms with Crippen molar-refractivity contribution in [2.45, 2.75) is 26.5 Å². The Hall–Kier alpha value is -2.49. The van der Waals surface area contributed by atoms with Gasteiger partial charge in [0, 0.05) is 6.54 Å². The van der Waals surface area contributed by atoms with E-state index in [1.165, 1.54) is 5.56 Å². The molecule has 0 spiro atoms. The predicted molar refractivity (Wildman–Crippen MR) is 85.7 cm³/mol. The number of carboxylic acids is 1. The Morgan fingerprint density at radius 3 is 2.91 bits per heavy atom. The average Bonchev–Trinajstić information content (AvgIpc) is 2.46. The largest absolute Gasteiger partial charge is 0.487 e. The summed E-state index contributed by atoms with van der Waals surface area (Å²) in [6, 6.07) is 13.3. The van der Waals surface area contributed by atoms with Crippen molar-refractivity contribution in [1.82, 2.24) is 0 Å². The van der Waals surface area contributed by atoms with Gasteiger partial charge in [-0.1, -0.05) is 18.2 Å². The molecule has 114 valence electrons. The number of hydrogen-bond donors (Lipinski definition) is 1. The van der Waals surface area contributed by atoms with E-state index in [0.717, 1.165) is 23.5 Å². The summed E-state index contributed by atoms with van der Waals surface area (Å²) in [6.07, 6.45) is 0.108. The van der Waals surface area contributed by atoms with Crippen molar-refractivity contribution in [2.75, 3.05) is 11.4 Å². The monoisotopic (exact) mass is 297 g/mol. The number of anilines is 1. The van der Waals surface area contributed by atoms with Crippen molar-refractivity contribution in [3.63, 3.8) is 0 Å². The molecule has 2 aromatic carbocycles. The molecule has 0 radical (unpaired) electrons. The van der Waals surface area contributed by atoms with Gasteiger partial charge in [-0.15, -0.1) is 0 Å². The van der Waals surface area contributed by atoms with Gasteiger partial charge in [-0.2, -0.15) is 0 Å². The summed E-state index contributed by atoms with van der Waals surface area (Å²) in [5.74, 6) is 0.00126. The van der Waals surface area contributed by atoms with Gasteiger partial charge in [0.2, 0.25) is 0 Å². The van der Waals surface area contributed by atoms with Gasteiger partial charge in [-0.25, -0.2) is 4.79 Å². The third kappa shape index (κ3) is 2.91. The molecule has 1 atom stereocenters. The van der Waals surface area contributed by atoms with Crippen LogP contribution in [0.2, 0.25) is 0 Å².